The Morgan fingerprint density at radius 1 is 1.00 bits per heavy atom. The number of carbonyl (C=O) groups is 1. The zero-order chi connectivity index (χ0) is 21.1. The predicted molar refractivity (Wildman–Crippen MR) is 109 cm³/mol. The molecule has 1 aromatic heterocycles. The SMILES string of the molecule is COc1ccc(Cc2cn(CC(=O)O)c3c(C)cccc3c2=O)c(OC)c1OC. The molecule has 152 valence electrons. The fourth-order valence-electron chi connectivity index (χ4n) is 3.61. The van der Waals surface area contributed by atoms with Gasteiger partial charge in [0.05, 0.1) is 26.8 Å². The molecule has 0 radical (unpaired) electrons. The Balaban J connectivity index is 2.20. The van der Waals surface area contributed by atoms with E-state index in [0.29, 0.717) is 33.7 Å². The number of aromatic nitrogens is 1. The molecular formula is C22H23NO6. The van der Waals surface area contributed by atoms with Crippen LogP contribution in [0.3, 0.4) is 0 Å². The molecule has 1 N–H and O–H groups in total. The van der Waals surface area contributed by atoms with E-state index in [1.165, 1.54) is 21.3 Å². The molecule has 7 nitrogen and oxygen atoms in total. The van der Waals surface area contributed by atoms with Crippen molar-refractivity contribution in [2.24, 2.45) is 0 Å². The summed E-state index contributed by atoms with van der Waals surface area (Å²) in [5.74, 6) is 0.453. The van der Waals surface area contributed by atoms with Crippen molar-refractivity contribution in [3.8, 4) is 17.2 Å². The molecule has 0 bridgehead atoms. The number of hydrogen-bond acceptors (Lipinski definition) is 5. The summed E-state index contributed by atoms with van der Waals surface area (Å²) in [6.45, 7) is 1.62. The predicted octanol–water partition coefficient (Wildman–Crippen LogP) is 3.01. The maximum Gasteiger partial charge on any atom is 0.323 e. The summed E-state index contributed by atoms with van der Waals surface area (Å²) in [5.41, 5.74) is 2.53. The van der Waals surface area contributed by atoms with Crippen LogP contribution in [0.15, 0.2) is 41.3 Å². The van der Waals surface area contributed by atoms with Gasteiger partial charge in [0.15, 0.2) is 16.9 Å². The van der Waals surface area contributed by atoms with E-state index in [2.05, 4.69) is 0 Å². The number of pyridine rings is 1. The molecule has 0 aliphatic heterocycles. The molecule has 3 aromatic rings. The maximum atomic E-state index is 13.1. The molecule has 3 rings (SSSR count). The highest BCUT2D eigenvalue weighted by atomic mass is 16.5. The van der Waals surface area contributed by atoms with Gasteiger partial charge in [0.2, 0.25) is 5.75 Å². The van der Waals surface area contributed by atoms with Crippen LogP contribution >= 0.6 is 0 Å². The summed E-state index contributed by atoms with van der Waals surface area (Å²) < 4.78 is 17.8. The number of rotatable bonds is 7. The van der Waals surface area contributed by atoms with Crippen molar-refractivity contribution in [1.82, 2.24) is 4.57 Å². The number of aliphatic carboxylic acids is 1. The summed E-state index contributed by atoms with van der Waals surface area (Å²) in [6, 6.07) is 8.93. The average molecular weight is 397 g/mol. The maximum absolute atomic E-state index is 13.1. The molecule has 7 heteroatoms. The number of ether oxygens (including phenoxy) is 3. The molecular weight excluding hydrogens is 374 g/mol. The summed E-state index contributed by atoms with van der Waals surface area (Å²) >= 11 is 0. The monoisotopic (exact) mass is 397 g/mol. The Morgan fingerprint density at radius 2 is 1.72 bits per heavy atom. The third-order valence-corrected chi connectivity index (χ3v) is 4.85. The van der Waals surface area contributed by atoms with Crippen molar-refractivity contribution in [2.75, 3.05) is 21.3 Å². The molecule has 0 aliphatic rings. The van der Waals surface area contributed by atoms with Gasteiger partial charge in [-0.15, -0.1) is 0 Å². The normalized spacial score (nSPS) is 10.8. The fraction of sp³-hybridized carbons (Fsp3) is 0.273. The number of benzene rings is 2. The number of carboxylic acid groups (broad SMARTS) is 1. The van der Waals surface area contributed by atoms with E-state index in [4.69, 9.17) is 14.2 Å². The Labute approximate surface area is 168 Å². The summed E-state index contributed by atoms with van der Waals surface area (Å²) in [5, 5.41) is 9.82. The van der Waals surface area contributed by atoms with Crippen LogP contribution in [0.25, 0.3) is 10.9 Å². The van der Waals surface area contributed by atoms with Crippen molar-refractivity contribution >= 4 is 16.9 Å². The molecule has 0 atom stereocenters. The van der Waals surface area contributed by atoms with Crippen LogP contribution in [0.4, 0.5) is 0 Å². The van der Waals surface area contributed by atoms with E-state index in [1.807, 2.05) is 19.1 Å². The highest BCUT2D eigenvalue weighted by Crippen LogP contribution is 2.40. The van der Waals surface area contributed by atoms with Crippen LogP contribution < -0.4 is 19.6 Å². The molecule has 0 amide bonds. The van der Waals surface area contributed by atoms with Crippen LogP contribution in [0.2, 0.25) is 0 Å². The quantitative estimate of drug-likeness (QED) is 0.660. The number of hydrogen-bond donors (Lipinski definition) is 1. The Kier molecular flexibility index (Phi) is 5.77. The summed E-state index contributed by atoms with van der Waals surface area (Å²) in [7, 11) is 4.57. The van der Waals surface area contributed by atoms with Crippen molar-refractivity contribution in [2.45, 2.75) is 19.9 Å². The van der Waals surface area contributed by atoms with Gasteiger partial charge in [-0.05, 0) is 24.6 Å². The molecule has 29 heavy (non-hydrogen) atoms. The van der Waals surface area contributed by atoms with E-state index >= 15 is 0 Å². The lowest BCUT2D eigenvalue weighted by Crippen LogP contribution is -2.19. The second-order valence-electron chi connectivity index (χ2n) is 6.65. The van der Waals surface area contributed by atoms with Crippen LogP contribution in [-0.2, 0) is 17.8 Å². The van der Waals surface area contributed by atoms with Crippen molar-refractivity contribution in [3.63, 3.8) is 0 Å². The zero-order valence-electron chi connectivity index (χ0n) is 16.8. The minimum Gasteiger partial charge on any atom is -0.493 e. The van der Waals surface area contributed by atoms with Gasteiger partial charge in [0.1, 0.15) is 6.54 Å². The highest BCUT2D eigenvalue weighted by Gasteiger charge is 2.19. The molecule has 0 aliphatic carbocycles. The standard InChI is InChI=1S/C22H23NO6/c1-13-6-5-7-16-19(13)23(12-18(24)25)11-15(20(16)26)10-14-8-9-17(27-2)22(29-4)21(14)28-3/h5-9,11H,10,12H2,1-4H3,(H,24,25). The molecule has 2 aromatic carbocycles. The fourth-order valence-corrected chi connectivity index (χ4v) is 3.61. The van der Waals surface area contributed by atoms with Crippen molar-refractivity contribution in [1.29, 1.82) is 0 Å². The van der Waals surface area contributed by atoms with Crippen LogP contribution in [0.1, 0.15) is 16.7 Å². The van der Waals surface area contributed by atoms with Crippen molar-refractivity contribution < 1.29 is 24.1 Å². The van der Waals surface area contributed by atoms with E-state index < -0.39 is 5.97 Å². The first kappa shape index (κ1) is 20.3. The van der Waals surface area contributed by atoms with Gasteiger partial charge in [0, 0.05) is 29.1 Å². The molecule has 0 fully saturated rings. The van der Waals surface area contributed by atoms with Crippen LogP contribution in [0, 0.1) is 6.92 Å². The summed E-state index contributed by atoms with van der Waals surface area (Å²) in [4.78, 5) is 24.5. The van der Waals surface area contributed by atoms with E-state index in [0.717, 1.165) is 11.1 Å². The van der Waals surface area contributed by atoms with Gasteiger partial charge >= 0.3 is 5.97 Å². The van der Waals surface area contributed by atoms with E-state index in [9.17, 15) is 14.7 Å². The second-order valence-corrected chi connectivity index (χ2v) is 6.65. The topological polar surface area (TPSA) is 87.0 Å². The average Bonchev–Trinajstić information content (AvgIpc) is 2.70. The lowest BCUT2D eigenvalue weighted by atomic mass is 10.0. The van der Waals surface area contributed by atoms with Crippen molar-refractivity contribution in [3.05, 3.63) is 63.4 Å². The number of methoxy groups -OCH3 is 3. The van der Waals surface area contributed by atoms with Crippen LogP contribution in [-0.4, -0.2) is 37.0 Å². The van der Waals surface area contributed by atoms with Gasteiger partial charge in [-0.1, -0.05) is 18.2 Å². The third kappa shape index (κ3) is 3.76. The number of carboxylic acids is 1. The molecule has 1 heterocycles. The number of fused-ring (bicyclic) bond motifs is 1. The number of aryl methyl sites for hydroxylation is 1. The highest BCUT2D eigenvalue weighted by molar-refractivity contribution is 5.84. The minimum absolute atomic E-state index is 0.137. The minimum atomic E-state index is -0.979. The molecule has 0 saturated carbocycles. The first-order chi connectivity index (χ1) is 13.9. The second kappa shape index (κ2) is 8.26. The number of para-hydroxylation sites is 1. The first-order valence-corrected chi connectivity index (χ1v) is 9.02. The molecule has 0 saturated heterocycles. The molecule has 0 spiro atoms. The lowest BCUT2D eigenvalue weighted by Gasteiger charge is -2.17. The van der Waals surface area contributed by atoms with Gasteiger partial charge in [0.25, 0.3) is 0 Å². The van der Waals surface area contributed by atoms with Gasteiger partial charge in [-0.25, -0.2) is 0 Å². The van der Waals surface area contributed by atoms with E-state index in [1.54, 1.807) is 29.0 Å². The largest absolute Gasteiger partial charge is 0.493 e. The number of nitrogens with zero attached hydrogens (tertiary/aromatic N) is 1. The van der Waals surface area contributed by atoms with Gasteiger partial charge in [-0.3, -0.25) is 9.59 Å². The Morgan fingerprint density at radius 3 is 2.34 bits per heavy atom. The van der Waals surface area contributed by atoms with Crippen LogP contribution in [0.5, 0.6) is 17.2 Å². The van der Waals surface area contributed by atoms with Gasteiger partial charge in [-0.2, -0.15) is 0 Å². The molecule has 0 unspecified atom stereocenters. The lowest BCUT2D eigenvalue weighted by molar-refractivity contribution is -0.137. The van der Waals surface area contributed by atoms with E-state index in [-0.39, 0.29) is 18.4 Å². The Bertz CT molecular complexity index is 1130. The smallest absolute Gasteiger partial charge is 0.323 e. The zero-order valence-corrected chi connectivity index (χ0v) is 16.8. The van der Waals surface area contributed by atoms with Gasteiger partial charge < -0.3 is 23.9 Å². The summed E-state index contributed by atoms with van der Waals surface area (Å²) in [6.07, 6.45) is 1.87. The Hall–Kier alpha value is -3.48. The first-order valence-electron chi connectivity index (χ1n) is 9.02. The third-order valence-electron chi connectivity index (χ3n) is 4.85.